The highest BCUT2D eigenvalue weighted by molar-refractivity contribution is 7.46. The lowest BCUT2D eigenvalue weighted by atomic mass is 10.0. The minimum Gasteiger partial charge on any atom is -0.456 e. The molecule has 0 aliphatic rings. The van der Waals surface area contributed by atoms with Crippen molar-refractivity contribution in [2.75, 3.05) is 6.66 Å². The number of hydrogen-bond acceptors (Lipinski definition) is 1. The van der Waals surface area contributed by atoms with Crippen LogP contribution in [0.3, 0.4) is 0 Å². The van der Waals surface area contributed by atoms with Crippen molar-refractivity contribution in [1.29, 1.82) is 0 Å². The molecule has 3 aromatic carbocycles. The van der Waals surface area contributed by atoms with Crippen LogP contribution in [-0.4, -0.2) is 6.66 Å². The summed E-state index contributed by atoms with van der Waals surface area (Å²) < 4.78 is 5.89. The highest BCUT2D eigenvalue weighted by atomic mass is 31.1. The molecule has 4 aromatic rings. The van der Waals surface area contributed by atoms with Crippen molar-refractivity contribution in [3.8, 4) is 11.1 Å². The fourth-order valence-corrected chi connectivity index (χ4v) is 3.32. The lowest BCUT2D eigenvalue weighted by Crippen LogP contribution is -1.92. The molecule has 1 heterocycles. The standard InChI is InChI=1S/C19H15OP/c1-21-15-6-4-5-13(11-15)14-9-10-19-17(12-14)16-7-2-3-8-18(16)20-19/h2-12,21H,1H3. The number of rotatable bonds is 2. The van der Waals surface area contributed by atoms with E-state index >= 15 is 0 Å². The van der Waals surface area contributed by atoms with Gasteiger partial charge >= 0.3 is 0 Å². The van der Waals surface area contributed by atoms with Crippen LogP contribution >= 0.6 is 8.58 Å². The van der Waals surface area contributed by atoms with Gasteiger partial charge in [0, 0.05) is 10.8 Å². The van der Waals surface area contributed by atoms with Crippen molar-refractivity contribution >= 4 is 35.8 Å². The van der Waals surface area contributed by atoms with Gasteiger partial charge in [-0.05, 0) is 47.4 Å². The minimum absolute atomic E-state index is 0.825. The number of para-hydroxylation sites is 1. The van der Waals surface area contributed by atoms with Crippen LogP contribution in [0.2, 0.25) is 0 Å². The molecule has 0 amide bonds. The molecule has 0 radical (unpaired) electrons. The smallest absolute Gasteiger partial charge is 0.135 e. The SMILES string of the molecule is CPc1cccc(-c2ccc3oc4ccccc4c3c2)c1. The Balaban J connectivity index is 1.95. The molecule has 21 heavy (non-hydrogen) atoms. The van der Waals surface area contributed by atoms with Crippen molar-refractivity contribution < 1.29 is 4.42 Å². The van der Waals surface area contributed by atoms with Gasteiger partial charge in [0.2, 0.25) is 0 Å². The summed E-state index contributed by atoms with van der Waals surface area (Å²) in [5.41, 5.74) is 4.42. The summed E-state index contributed by atoms with van der Waals surface area (Å²) in [7, 11) is 0.825. The molecular weight excluding hydrogens is 275 g/mol. The molecule has 1 nitrogen and oxygen atoms in total. The minimum atomic E-state index is 0.825. The Morgan fingerprint density at radius 2 is 1.52 bits per heavy atom. The van der Waals surface area contributed by atoms with E-state index in [9.17, 15) is 0 Å². The van der Waals surface area contributed by atoms with E-state index in [0.717, 1.165) is 19.7 Å². The second kappa shape index (κ2) is 5.02. The molecule has 0 spiro atoms. The fourth-order valence-electron chi connectivity index (χ4n) is 2.76. The molecule has 102 valence electrons. The third kappa shape index (κ3) is 2.14. The van der Waals surface area contributed by atoms with Crippen LogP contribution in [0.15, 0.2) is 71.1 Å². The summed E-state index contributed by atoms with van der Waals surface area (Å²) in [5.74, 6) is 0. The summed E-state index contributed by atoms with van der Waals surface area (Å²) >= 11 is 0. The largest absolute Gasteiger partial charge is 0.456 e. The summed E-state index contributed by atoms with van der Waals surface area (Å²) in [6.45, 7) is 2.21. The second-order valence-electron chi connectivity index (χ2n) is 5.14. The Bertz CT molecular complexity index is 937. The van der Waals surface area contributed by atoms with Crippen LogP contribution in [0.4, 0.5) is 0 Å². The van der Waals surface area contributed by atoms with Gasteiger partial charge in [-0.3, -0.25) is 0 Å². The molecule has 0 saturated carbocycles. The molecule has 0 saturated heterocycles. The zero-order valence-corrected chi connectivity index (χ0v) is 12.8. The van der Waals surface area contributed by atoms with Crippen molar-refractivity contribution in [1.82, 2.24) is 0 Å². The third-order valence-corrected chi connectivity index (χ3v) is 4.75. The van der Waals surface area contributed by atoms with E-state index in [-0.39, 0.29) is 0 Å². The number of hydrogen-bond donors (Lipinski definition) is 0. The van der Waals surface area contributed by atoms with Crippen molar-refractivity contribution in [2.45, 2.75) is 0 Å². The maximum atomic E-state index is 5.89. The average molecular weight is 290 g/mol. The van der Waals surface area contributed by atoms with Gasteiger partial charge in [-0.1, -0.05) is 51.0 Å². The van der Waals surface area contributed by atoms with E-state index in [1.807, 2.05) is 12.1 Å². The van der Waals surface area contributed by atoms with Gasteiger partial charge in [0.25, 0.3) is 0 Å². The maximum absolute atomic E-state index is 5.89. The Morgan fingerprint density at radius 1 is 0.714 bits per heavy atom. The van der Waals surface area contributed by atoms with E-state index < -0.39 is 0 Å². The first-order valence-corrected chi connectivity index (χ1v) is 8.54. The highest BCUT2D eigenvalue weighted by Gasteiger charge is 2.07. The lowest BCUT2D eigenvalue weighted by molar-refractivity contribution is 0.669. The van der Waals surface area contributed by atoms with Crippen molar-refractivity contribution in [3.05, 3.63) is 66.7 Å². The predicted molar refractivity (Wildman–Crippen MR) is 93.0 cm³/mol. The molecule has 0 N–H and O–H groups in total. The van der Waals surface area contributed by atoms with Gasteiger partial charge in [-0.15, -0.1) is 0 Å². The molecule has 4 rings (SSSR count). The Hall–Kier alpha value is -2.11. The monoisotopic (exact) mass is 290 g/mol. The van der Waals surface area contributed by atoms with Gasteiger partial charge < -0.3 is 4.42 Å². The molecule has 1 unspecified atom stereocenters. The predicted octanol–water partition coefficient (Wildman–Crippen LogP) is 5.19. The normalized spacial score (nSPS) is 11.9. The summed E-state index contributed by atoms with van der Waals surface area (Å²) in [6.07, 6.45) is 0. The molecule has 0 bridgehead atoms. The van der Waals surface area contributed by atoms with Crippen LogP contribution in [0, 0.1) is 0 Å². The second-order valence-corrected chi connectivity index (χ2v) is 6.22. The van der Waals surface area contributed by atoms with Crippen LogP contribution in [-0.2, 0) is 0 Å². The molecule has 0 aliphatic heterocycles. The molecule has 0 aliphatic carbocycles. The van der Waals surface area contributed by atoms with E-state index in [2.05, 4.69) is 61.3 Å². The first-order valence-electron chi connectivity index (χ1n) is 7.04. The van der Waals surface area contributed by atoms with Gasteiger partial charge in [0.15, 0.2) is 0 Å². The quantitative estimate of drug-likeness (QED) is 0.463. The zero-order chi connectivity index (χ0) is 14.2. The van der Waals surface area contributed by atoms with Crippen LogP contribution in [0.1, 0.15) is 0 Å². The van der Waals surface area contributed by atoms with Gasteiger partial charge in [-0.25, -0.2) is 0 Å². The maximum Gasteiger partial charge on any atom is 0.135 e. The van der Waals surface area contributed by atoms with E-state index in [1.54, 1.807) is 0 Å². The highest BCUT2D eigenvalue weighted by Crippen LogP contribution is 2.32. The van der Waals surface area contributed by atoms with Crippen molar-refractivity contribution in [3.63, 3.8) is 0 Å². The van der Waals surface area contributed by atoms with E-state index in [4.69, 9.17) is 4.42 Å². The first kappa shape index (κ1) is 12.6. The summed E-state index contributed by atoms with van der Waals surface area (Å²) in [5, 5.41) is 3.76. The third-order valence-electron chi connectivity index (χ3n) is 3.86. The summed E-state index contributed by atoms with van der Waals surface area (Å²) in [4.78, 5) is 0. The Labute approximate surface area is 125 Å². The lowest BCUT2D eigenvalue weighted by Gasteiger charge is -2.04. The number of benzene rings is 3. The van der Waals surface area contributed by atoms with Gasteiger partial charge in [0.1, 0.15) is 11.2 Å². The van der Waals surface area contributed by atoms with Crippen LogP contribution in [0.25, 0.3) is 33.1 Å². The molecule has 0 fully saturated rings. The zero-order valence-electron chi connectivity index (χ0n) is 11.8. The molecule has 1 aromatic heterocycles. The Kier molecular flexibility index (Phi) is 3.02. The van der Waals surface area contributed by atoms with Crippen molar-refractivity contribution in [2.24, 2.45) is 0 Å². The van der Waals surface area contributed by atoms with Crippen LogP contribution < -0.4 is 5.30 Å². The van der Waals surface area contributed by atoms with Crippen LogP contribution in [0.5, 0.6) is 0 Å². The molecule has 2 heteroatoms. The first-order chi connectivity index (χ1) is 10.3. The van der Waals surface area contributed by atoms with E-state index in [0.29, 0.717) is 0 Å². The molecular formula is C19H15OP. The topological polar surface area (TPSA) is 13.1 Å². The fraction of sp³-hybridized carbons (Fsp3) is 0.0526. The van der Waals surface area contributed by atoms with Gasteiger partial charge in [0.05, 0.1) is 0 Å². The van der Waals surface area contributed by atoms with Gasteiger partial charge in [-0.2, -0.15) is 0 Å². The number of furan rings is 1. The van der Waals surface area contributed by atoms with E-state index in [1.165, 1.54) is 27.2 Å². The molecule has 1 atom stereocenters. The number of fused-ring (bicyclic) bond motifs is 3. The summed E-state index contributed by atoms with van der Waals surface area (Å²) in [6, 6.07) is 23.4. The Morgan fingerprint density at radius 3 is 2.43 bits per heavy atom. The average Bonchev–Trinajstić information content (AvgIpc) is 2.92.